The van der Waals surface area contributed by atoms with Gasteiger partial charge in [0.1, 0.15) is 5.75 Å². The van der Waals surface area contributed by atoms with Crippen molar-refractivity contribution in [2.24, 2.45) is 4.99 Å². The van der Waals surface area contributed by atoms with E-state index >= 15 is 0 Å². The molecule has 0 aliphatic heterocycles. The Morgan fingerprint density at radius 1 is 1.12 bits per heavy atom. The number of methoxy groups -OCH3 is 1. The third-order valence-electron chi connectivity index (χ3n) is 3.85. The van der Waals surface area contributed by atoms with Gasteiger partial charge >= 0.3 is 0 Å². The molecule has 3 N–H and O–H groups in total. The van der Waals surface area contributed by atoms with Crippen LogP contribution in [0.5, 0.6) is 11.6 Å². The van der Waals surface area contributed by atoms with Crippen molar-refractivity contribution in [3.05, 3.63) is 48.2 Å². The number of anilines is 1. The first-order valence-corrected chi connectivity index (χ1v) is 10.3. The van der Waals surface area contributed by atoms with Crippen LogP contribution in [0.1, 0.15) is 40.2 Å². The van der Waals surface area contributed by atoms with Gasteiger partial charge in [-0.25, -0.2) is 9.98 Å². The molecule has 0 unspecified atom stereocenters. The smallest absolute Gasteiger partial charge is 0.239 e. The van der Waals surface area contributed by atoms with Gasteiger partial charge in [-0.05, 0) is 64.4 Å². The number of hydrogen-bond acceptors (Lipinski definition) is 5. The summed E-state index contributed by atoms with van der Waals surface area (Å²) in [7, 11) is 1.58. The first kappa shape index (κ1) is 27.5. The third kappa shape index (κ3) is 10.7. The molecule has 0 spiro atoms. The lowest BCUT2D eigenvalue weighted by atomic mass is 10.1. The van der Waals surface area contributed by atoms with Crippen molar-refractivity contribution >= 4 is 41.5 Å². The normalized spacial score (nSPS) is 11.4. The van der Waals surface area contributed by atoms with Gasteiger partial charge in [-0.15, -0.1) is 24.0 Å². The number of rotatable bonds is 8. The van der Waals surface area contributed by atoms with E-state index in [0.717, 1.165) is 17.0 Å². The highest BCUT2D eigenvalue weighted by molar-refractivity contribution is 14.0. The minimum Gasteiger partial charge on any atom is -0.491 e. The molecule has 2 rings (SSSR count). The molecule has 0 fully saturated rings. The highest BCUT2D eigenvalue weighted by Gasteiger charge is 2.14. The van der Waals surface area contributed by atoms with Gasteiger partial charge in [0.15, 0.2) is 5.96 Å². The summed E-state index contributed by atoms with van der Waals surface area (Å²) in [6.45, 7) is 10.3. The van der Waals surface area contributed by atoms with E-state index in [1.54, 1.807) is 19.4 Å². The molecule has 2 aromatic rings. The van der Waals surface area contributed by atoms with Crippen molar-refractivity contribution in [3.8, 4) is 11.6 Å². The van der Waals surface area contributed by atoms with Crippen molar-refractivity contribution in [2.45, 2.75) is 52.8 Å². The largest absolute Gasteiger partial charge is 0.491 e. The Hall–Kier alpha value is -2.56. The summed E-state index contributed by atoms with van der Waals surface area (Å²) >= 11 is 0. The number of guanidine groups is 1. The molecule has 1 amide bonds. The minimum atomic E-state index is -0.301. The van der Waals surface area contributed by atoms with Crippen molar-refractivity contribution in [2.75, 3.05) is 19.0 Å². The molecule has 0 aliphatic rings. The van der Waals surface area contributed by atoms with Gasteiger partial charge in [-0.3, -0.25) is 4.79 Å². The number of carbonyl (C=O) groups excluding carboxylic acids is 1. The van der Waals surface area contributed by atoms with Crippen molar-refractivity contribution in [1.29, 1.82) is 0 Å². The molecule has 0 aliphatic carbocycles. The number of amides is 1. The second-order valence-corrected chi connectivity index (χ2v) is 8.34. The summed E-state index contributed by atoms with van der Waals surface area (Å²) < 4.78 is 10.8. The van der Waals surface area contributed by atoms with Crippen LogP contribution in [0, 0.1) is 0 Å². The number of ether oxygens (including phenoxy) is 2. The number of nitrogens with one attached hydrogen (secondary N) is 3. The molecular formula is C23H34IN5O3. The zero-order valence-corrected chi connectivity index (χ0v) is 21.9. The summed E-state index contributed by atoms with van der Waals surface area (Å²) in [6, 6.07) is 11.3. The van der Waals surface area contributed by atoms with Gasteiger partial charge in [-0.2, -0.15) is 0 Å². The fraction of sp³-hybridized carbons (Fsp3) is 0.435. The number of pyridine rings is 1. The van der Waals surface area contributed by atoms with E-state index in [9.17, 15) is 4.79 Å². The summed E-state index contributed by atoms with van der Waals surface area (Å²) in [5, 5.41) is 9.24. The van der Waals surface area contributed by atoms with Crippen molar-refractivity contribution in [3.63, 3.8) is 0 Å². The van der Waals surface area contributed by atoms with Crippen LogP contribution < -0.4 is 25.4 Å². The summed E-state index contributed by atoms with van der Waals surface area (Å²) in [5.41, 5.74) is 1.44. The average Bonchev–Trinajstić information content (AvgIpc) is 2.70. The third-order valence-corrected chi connectivity index (χ3v) is 3.85. The molecular weight excluding hydrogens is 521 g/mol. The maximum Gasteiger partial charge on any atom is 0.239 e. The van der Waals surface area contributed by atoms with Crippen LogP contribution in [0.15, 0.2) is 47.6 Å². The standard InChI is InChI=1S/C23H33N5O3.HI/c1-16(2)31-19-10-8-18(9-11-19)27-22(26-15-20(29)28-23(3,4)5)25-14-17-7-12-21(30-6)24-13-17;/h7-13,16H,14-15H2,1-6H3,(H,28,29)(H2,25,26,27);1H. The predicted octanol–water partition coefficient (Wildman–Crippen LogP) is 3.97. The topological polar surface area (TPSA) is 96.9 Å². The molecule has 0 saturated carbocycles. The van der Waals surface area contributed by atoms with Gasteiger partial charge in [-0.1, -0.05) is 6.07 Å². The molecule has 1 aromatic heterocycles. The Kier molecular flexibility index (Phi) is 11.2. The Morgan fingerprint density at radius 3 is 2.34 bits per heavy atom. The second kappa shape index (κ2) is 13.1. The van der Waals surface area contributed by atoms with Gasteiger partial charge in [0.05, 0.1) is 26.3 Å². The van der Waals surface area contributed by atoms with Crippen LogP contribution >= 0.6 is 24.0 Å². The predicted molar refractivity (Wildman–Crippen MR) is 139 cm³/mol. The molecule has 176 valence electrons. The van der Waals surface area contributed by atoms with Crippen LogP contribution in [0.2, 0.25) is 0 Å². The quantitative estimate of drug-likeness (QED) is 0.259. The average molecular weight is 555 g/mol. The van der Waals surface area contributed by atoms with E-state index in [2.05, 4.69) is 25.9 Å². The fourth-order valence-corrected chi connectivity index (χ4v) is 2.59. The lowest BCUT2D eigenvalue weighted by Gasteiger charge is -2.21. The van der Waals surface area contributed by atoms with E-state index in [4.69, 9.17) is 9.47 Å². The van der Waals surface area contributed by atoms with E-state index < -0.39 is 0 Å². The van der Waals surface area contributed by atoms with E-state index in [1.165, 1.54) is 0 Å². The molecule has 0 radical (unpaired) electrons. The monoisotopic (exact) mass is 555 g/mol. The van der Waals surface area contributed by atoms with Gasteiger partial charge < -0.3 is 25.4 Å². The minimum absolute atomic E-state index is 0. The number of nitrogens with zero attached hydrogens (tertiary/aromatic N) is 2. The highest BCUT2D eigenvalue weighted by atomic mass is 127. The summed E-state index contributed by atoms with van der Waals surface area (Å²) in [5.74, 6) is 1.71. The number of hydrogen-bond donors (Lipinski definition) is 3. The Balaban J connectivity index is 0.00000512. The zero-order valence-electron chi connectivity index (χ0n) is 19.6. The number of aliphatic imine (C=N–C) groups is 1. The maximum absolute atomic E-state index is 12.2. The lowest BCUT2D eigenvalue weighted by molar-refractivity contribution is -0.121. The summed E-state index contributed by atoms with van der Waals surface area (Å²) in [4.78, 5) is 21.0. The van der Waals surface area contributed by atoms with Crippen molar-refractivity contribution in [1.82, 2.24) is 15.6 Å². The molecule has 1 aromatic carbocycles. The number of benzene rings is 1. The fourth-order valence-electron chi connectivity index (χ4n) is 2.59. The Morgan fingerprint density at radius 2 is 1.81 bits per heavy atom. The Bertz CT molecular complexity index is 863. The first-order chi connectivity index (χ1) is 14.6. The van der Waals surface area contributed by atoms with E-state index in [0.29, 0.717) is 18.4 Å². The van der Waals surface area contributed by atoms with Crippen LogP contribution in [0.25, 0.3) is 0 Å². The van der Waals surface area contributed by atoms with Crippen LogP contribution in [-0.2, 0) is 11.3 Å². The number of carbonyl (C=O) groups is 1. The number of aromatic nitrogens is 1. The van der Waals surface area contributed by atoms with Gasteiger partial charge in [0, 0.05) is 23.5 Å². The molecule has 0 saturated heterocycles. The second-order valence-electron chi connectivity index (χ2n) is 8.34. The highest BCUT2D eigenvalue weighted by Crippen LogP contribution is 2.17. The van der Waals surface area contributed by atoms with Gasteiger partial charge in [0.25, 0.3) is 0 Å². The summed E-state index contributed by atoms with van der Waals surface area (Å²) in [6.07, 6.45) is 1.82. The van der Waals surface area contributed by atoms with Crippen molar-refractivity contribution < 1.29 is 14.3 Å². The van der Waals surface area contributed by atoms with Crippen LogP contribution in [-0.4, -0.2) is 42.1 Å². The maximum atomic E-state index is 12.2. The molecule has 0 atom stereocenters. The molecule has 32 heavy (non-hydrogen) atoms. The molecule has 9 heteroatoms. The molecule has 0 bridgehead atoms. The van der Waals surface area contributed by atoms with Crippen LogP contribution in [0.3, 0.4) is 0 Å². The van der Waals surface area contributed by atoms with E-state index in [1.807, 2.05) is 65.0 Å². The van der Waals surface area contributed by atoms with E-state index in [-0.39, 0.29) is 48.1 Å². The Labute approximate surface area is 207 Å². The number of halogens is 1. The molecule has 1 heterocycles. The first-order valence-electron chi connectivity index (χ1n) is 10.3. The van der Waals surface area contributed by atoms with Crippen LogP contribution in [0.4, 0.5) is 5.69 Å². The SMILES string of the molecule is COc1ccc(CN=C(NCC(=O)NC(C)(C)C)Nc2ccc(OC(C)C)cc2)cn1.I. The molecule has 8 nitrogen and oxygen atoms in total. The lowest BCUT2D eigenvalue weighted by Crippen LogP contribution is -2.46. The van der Waals surface area contributed by atoms with Gasteiger partial charge in [0.2, 0.25) is 11.8 Å². The zero-order chi connectivity index (χ0) is 22.9.